The van der Waals surface area contributed by atoms with Gasteiger partial charge in [-0.2, -0.15) is 9.97 Å². The van der Waals surface area contributed by atoms with E-state index in [1.807, 2.05) is 24.4 Å². The van der Waals surface area contributed by atoms with Crippen molar-refractivity contribution in [2.24, 2.45) is 5.41 Å². The molecule has 282 valence electrons. The van der Waals surface area contributed by atoms with E-state index in [0.717, 1.165) is 78.9 Å². The number of carbonyl (C=O) groups is 1. The predicted molar refractivity (Wildman–Crippen MR) is 204 cm³/mol. The van der Waals surface area contributed by atoms with E-state index >= 15 is 0 Å². The van der Waals surface area contributed by atoms with E-state index < -0.39 is 11.6 Å². The number of piperazine rings is 1. The fourth-order valence-corrected chi connectivity index (χ4v) is 10.1. The van der Waals surface area contributed by atoms with E-state index in [9.17, 15) is 15.0 Å². The number of pyridine rings is 1. The summed E-state index contributed by atoms with van der Waals surface area (Å²) in [7, 11) is 1.61. The van der Waals surface area contributed by atoms with Crippen LogP contribution in [0.15, 0.2) is 42.6 Å². The van der Waals surface area contributed by atoms with Crippen LogP contribution < -0.4 is 14.4 Å². The van der Waals surface area contributed by atoms with Crippen molar-refractivity contribution in [2.45, 2.75) is 95.8 Å². The zero-order valence-corrected chi connectivity index (χ0v) is 31.6. The second-order valence-corrected chi connectivity index (χ2v) is 16.5. The van der Waals surface area contributed by atoms with Crippen molar-refractivity contribution >= 4 is 33.6 Å². The van der Waals surface area contributed by atoms with Crippen molar-refractivity contribution < 1.29 is 29.2 Å². The number of anilines is 1. The molecule has 2 aromatic heterocycles. The Kier molecular flexibility index (Phi) is 9.14. The SMILES string of the molecule is CCc1cccc2cc(OCOC)cc(-c3cc4nc(OC[C@]56CCCN5[C@H](CO)CC6)nc(N5CC6CCC(C(C)(C)C)(C5)N6C(=O)O)c4cn3)c12. The fraction of sp³-hybridized carbons (Fsp3) is 0.561. The highest BCUT2D eigenvalue weighted by molar-refractivity contribution is 6.01. The lowest BCUT2D eigenvalue weighted by Gasteiger charge is -2.54. The van der Waals surface area contributed by atoms with Crippen LogP contribution in [0.2, 0.25) is 0 Å². The molecule has 0 radical (unpaired) electrons. The molecule has 2 N–H and O–H groups in total. The molecule has 4 aliphatic rings. The van der Waals surface area contributed by atoms with Crippen molar-refractivity contribution in [3.05, 3.63) is 48.2 Å². The number of amides is 1. The Morgan fingerprint density at radius 2 is 1.92 bits per heavy atom. The van der Waals surface area contributed by atoms with Gasteiger partial charge in [0.25, 0.3) is 0 Å². The monoisotopic (exact) mass is 724 g/mol. The van der Waals surface area contributed by atoms with Crippen molar-refractivity contribution in [1.82, 2.24) is 24.8 Å². The third kappa shape index (κ3) is 5.93. The molecule has 4 fully saturated rings. The van der Waals surface area contributed by atoms with Gasteiger partial charge >= 0.3 is 12.1 Å². The normalized spacial score (nSPS) is 25.8. The van der Waals surface area contributed by atoms with Gasteiger partial charge in [-0.25, -0.2) is 4.79 Å². The van der Waals surface area contributed by atoms with E-state index in [-0.39, 0.29) is 36.4 Å². The van der Waals surface area contributed by atoms with Crippen LogP contribution in [0, 0.1) is 5.41 Å². The maximum atomic E-state index is 12.7. The Morgan fingerprint density at radius 1 is 1.08 bits per heavy atom. The highest BCUT2D eigenvalue weighted by Gasteiger charge is 2.59. The molecule has 4 saturated heterocycles. The lowest BCUT2D eigenvalue weighted by atomic mass is 9.71. The number of aryl methyl sites for hydroxylation is 1. The molecule has 53 heavy (non-hydrogen) atoms. The van der Waals surface area contributed by atoms with Crippen LogP contribution in [0.5, 0.6) is 11.8 Å². The van der Waals surface area contributed by atoms with Gasteiger partial charge < -0.3 is 29.3 Å². The van der Waals surface area contributed by atoms with Gasteiger partial charge in [-0.05, 0) is 91.4 Å². The second kappa shape index (κ2) is 13.5. The molecule has 2 aromatic carbocycles. The van der Waals surface area contributed by atoms with Crippen molar-refractivity contribution in [3.8, 4) is 23.0 Å². The summed E-state index contributed by atoms with van der Waals surface area (Å²) in [5.41, 5.74) is 2.58. The quantitative estimate of drug-likeness (QED) is 0.174. The molecule has 6 heterocycles. The van der Waals surface area contributed by atoms with Crippen LogP contribution in [0.1, 0.15) is 71.8 Å². The summed E-state index contributed by atoms with van der Waals surface area (Å²) in [4.78, 5) is 34.4. The molecule has 1 amide bonds. The van der Waals surface area contributed by atoms with E-state index in [4.69, 9.17) is 29.2 Å². The van der Waals surface area contributed by atoms with Gasteiger partial charge in [-0.3, -0.25) is 14.8 Å². The van der Waals surface area contributed by atoms with Gasteiger partial charge in [0, 0.05) is 38.0 Å². The molecule has 0 spiro atoms. The van der Waals surface area contributed by atoms with E-state index in [1.165, 1.54) is 5.56 Å². The average Bonchev–Trinajstić information content (AvgIpc) is 3.80. The summed E-state index contributed by atoms with van der Waals surface area (Å²) in [5.74, 6) is 1.40. The minimum Gasteiger partial charge on any atom is -0.468 e. The molecule has 2 unspecified atom stereocenters. The number of aliphatic hydroxyl groups excluding tert-OH is 1. The third-order valence-electron chi connectivity index (χ3n) is 12.8. The smallest absolute Gasteiger partial charge is 0.408 e. The topological polar surface area (TPSA) is 134 Å². The number of nitrogens with zero attached hydrogens (tertiary/aromatic N) is 6. The minimum absolute atomic E-state index is 0.130. The first-order valence-electron chi connectivity index (χ1n) is 19.1. The van der Waals surface area contributed by atoms with Gasteiger partial charge in [0.05, 0.1) is 40.3 Å². The first-order chi connectivity index (χ1) is 25.5. The van der Waals surface area contributed by atoms with Crippen LogP contribution in [0.25, 0.3) is 32.9 Å². The number of hydrogen-bond donors (Lipinski definition) is 2. The largest absolute Gasteiger partial charge is 0.468 e. The van der Waals surface area contributed by atoms with Crippen LogP contribution in [-0.4, -0.2) is 111 Å². The highest BCUT2D eigenvalue weighted by Crippen LogP contribution is 2.51. The number of rotatable bonds is 10. The second-order valence-electron chi connectivity index (χ2n) is 16.5. The molecule has 12 nitrogen and oxygen atoms in total. The average molecular weight is 725 g/mol. The predicted octanol–water partition coefficient (Wildman–Crippen LogP) is 6.51. The van der Waals surface area contributed by atoms with Gasteiger partial charge in [0.1, 0.15) is 18.2 Å². The van der Waals surface area contributed by atoms with E-state index in [0.29, 0.717) is 42.8 Å². The van der Waals surface area contributed by atoms with E-state index in [2.05, 4.69) is 55.7 Å². The van der Waals surface area contributed by atoms with Crippen LogP contribution in [0.3, 0.4) is 0 Å². The Balaban J connectivity index is 1.25. The lowest BCUT2D eigenvalue weighted by molar-refractivity contribution is 0.00526. The molecule has 4 atom stereocenters. The number of methoxy groups -OCH3 is 1. The first-order valence-corrected chi connectivity index (χ1v) is 19.1. The Bertz CT molecular complexity index is 2040. The van der Waals surface area contributed by atoms with Gasteiger partial charge in [-0.1, -0.05) is 45.9 Å². The number of benzene rings is 2. The maximum absolute atomic E-state index is 12.7. The van der Waals surface area contributed by atoms with Gasteiger partial charge in [-0.15, -0.1) is 0 Å². The molecule has 12 heteroatoms. The summed E-state index contributed by atoms with van der Waals surface area (Å²) in [6.45, 7) is 11.3. The summed E-state index contributed by atoms with van der Waals surface area (Å²) in [6, 6.07) is 12.7. The molecule has 0 saturated carbocycles. The Morgan fingerprint density at radius 3 is 2.68 bits per heavy atom. The summed E-state index contributed by atoms with van der Waals surface area (Å²) >= 11 is 0. The molecule has 0 aliphatic carbocycles. The molecule has 2 bridgehead atoms. The molecule has 8 rings (SSSR count). The van der Waals surface area contributed by atoms with Crippen molar-refractivity contribution in [3.63, 3.8) is 0 Å². The number of ether oxygens (including phenoxy) is 3. The highest BCUT2D eigenvalue weighted by atomic mass is 16.7. The minimum atomic E-state index is -0.863. The number of aliphatic hydroxyl groups is 1. The first kappa shape index (κ1) is 35.8. The standard InChI is InChI=1S/C41H52N6O6/c1-6-26-9-7-10-27-17-30(53-25-51-5)18-31(35(26)27)33-19-34-32(20-42-33)36(45-21-28-12-15-41(23-45,39(2,3)4)47(28)38(49)50)44-37(43-34)52-24-40-13-8-16-46(40)29(22-48)11-14-40/h7,9-10,17-20,28-29,48H,6,8,11-16,21-25H2,1-5H3,(H,49,50)/t28?,29-,40+,41?/m0/s1. The summed E-state index contributed by atoms with van der Waals surface area (Å²) in [6.07, 6.45) is 7.45. The van der Waals surface area contributed by atoms with Crippen LogP contribution in [0.4, 0.5) is 10.6 Å². The fourth-order valence-electron chi connectivity index (χ4n) is 10.1. The Labute approximate surface area is 311 Å². The number of carboxylic acid groups (broad SMARTS) is 1. The van der Waals surface area contributed by atoms with Crippen molar-refractivity contribution in [2.75, 3.05) is 51.7 Å². The van der Waals surface area contributed by atoms with Crippen molar-refractivity contribution in [1.29, 1.82) is 0 Å². The number of hydrogen-bond acceptors (Lipinski definition) is 10. The Hall–Kier alpha value is -4.26. The summed E-state index contributed by atoms with van der Waals surface area (Å²) in [5, 5.41) is 23.5. The zero-order chi connectivity index (χ0) is 37.1. The zero-order valence-electron chi connectivity index (χ0n) is 31.6. The molecule has 4 aromatic rings. The lowest BCUT2D eigenvalue weighted by Crippen LogP contribution is -2.68. The molecular formula is C41H52N6O6. The molecule has 4 aliphatic heterocycles. The molecular weight excluding hydrogens is 672 g/mol. The number of aromatic nitrogens is 3. The van der Waals surface area contributed by atoms with Gasteiger partial charge in [0.15, 0.2) is 6.79 Å². The third-order valence-corrected chi connectivity index (χ3v) is 12.8. The van der Waals surface area contributed by atoms with Crippen LogP contribution in [-0.2, 0) is 11.2 Å². The van der Waals surface area contributed by atoms with E-state index in [1.54, 1.807) is 12.0 Å². The van der Waals surface area contributed by atoms with Gasteiger partial charge in [0.2, 0.25) is 0 Å². The number of fused-ring (bicyclic) bond motifs is 5. The maximum Gasteiger partial charge on any atom is 0.408 e. The van der Waals surface area contributed by atoms with Crippen LogP contribution >= 0.6 is 0 Å². The summed E-state index contributed by atoms with van der Waals surface area (Å²) < 4.78 is 17.8.